The first kappa shape index (κ1) is 55.7. The topological polar surface area (TPSA) is 137 Å². The van der Waals surface area contributed by atoms with Crippen molar-refractivity contribution in [3.63, 3.8) is 0 Å². The van der Waals surface area contributed by atoms with Gasteiger partial charge >= 0.3 is 12.6 Å². The fourth-order valence-electron chi connectivity index (χ4n) is 7.35. The van der Waals surface area contributed by atoms with Crippen molar-refractivity contribution in [3.8, 4) is 0 Å². The van der Waals surface area contributed by atoms with Gasteiger partial charge in [-0.3, -0.25) is 19.7 Å². The number of carbonyl (C=O) groups is 3. The van der Waals surface area contributed by atoms with E-state index in [4.69, 9.17) is 9.57 Å². The van der Waals surface area contributed by atoms with Gasteiger partial charge in [-0.2, -0.15) is 0 Å². The molecule has 0 unspecified atom stereocenters. The average Bonchev–Trinajstić information content (AvgIpc) is 3.21. The van der Waals surface area contributed by atoms with Crippen molar-refractivity contribution in [2.24, 2.45) is 0 Å². The van der Waals surface area contributed by atoms with Crippen molar-refractivity contribution < 1.29 is 34.0 Å². The maximum absolute atomic E-state index is 12.6. The molecule has 0 aliphatic heterocycles. The lowest BCUT2D eigenvalue weighted by molar-refractivity contribution is -0.805. The predicted octanol–water partition coefficient (Wildman–Crippen LogP) is 11.0. The summed E-state index contributed by atoms with van der Waals surface area (Å²) in [6.45, 7) is 9.43. The lowest BCUT2D eigenvalue weighted by Gasteiger charge is -2.21. The minimum atomic E-state index is -0.319. The van der Waals surface area contributed by atoms with Gasteiger partial charge in [0.25, 0.3) is 0 Å². The molecule has 11 nitrogen and oxygen atoms in total. The molecule has 0 radical (unpaired) electrons. The van der Waals surface area contributed by atoms with Crippen molar-refractivity contribution in [2.75, 3.05) is 46.1 Å². The minimum Gasteiger partial charge on any atom is -0.461 e. The molecule has 0 rings (SSSR count). The van der Waals surface area contributed by atoms with Crippen LogP contribution in [-0.2, 0) is 24.0 Å². The van der Waals surface area contributed by atoms with Crippen molar-refractivity contribution in [2.45, 2.75) is 239 Å². The van der Waals surface area contributed by atoms with Gasteiger partial charge in [0.15, 0.2) is 6.61 Å². The summed E-state index contributed by atoms with van der Waals surface area (Å²) in [6, 6.07) is 0. The molecule has 0 aliphatic carbocycles. The van der Waals surface area contributed by atoms with Gasteiger partial charge in [-0.1, -0.05) is 156 Å². The smallest absolute Gasteiger partial charge is 0.325 e. The average molecular weight is 826 g/mol. The zero-order valence-electron chi connectivity index (χ0n) is 38.2. The van der Waals surface area contributed by atoms with Crippen LogP contribution >= 0.6 is 0 Å². The summed E-state index contributed by atoms with van der Waals surface area (Å²) in [4.78, 5) is 57.0. The van der Waals surface area contributed by atoms with Gasteiger partial charge in [0.1, 0.15) is 12.6 Å². The van der Waals surface area contributed by atoms with Crippen molar-refractivity contribution in [1.82, 2.24) is 15.5 Å². The van der Waals surface area contributed by atoms with Gasteiger partial charge < -0.3 is 20.1 Å². The quantitative estimate of drug-likeness (QED) is 0.0239. The largest absolute Gasteiger partial charge is 0.461 e. The molecule has 0 saturated heterocycles. The first-order chi connectivity index (χ1) is 28.4. The maximum Gasteiger partial charge on any atom is 0.325 e. The van der Waals surface area contributed by atoms with Crippen LogP contribution in [0, 0.1) is 4.91 Å². The van der Waals surface area contributed by atoms with Gasteiger partial charge in [0.05, 0.1) is 11.5 Å². The number of hydrogen-bond donors (Lipinski definition) is 3. The molecule has 0 aromatic carbocycles. The molecule has 0 spiro atoms. The van der Waals surface area contributed by atoms with Crippen molar-refractivity contribution >= 4 is 17.8 Å². The predicted molar refractivity (Wildman–Crippen MR) is 238 cm³/mol. The summed E-state index contributed by atoms with van der Waals surface area (Å²) in [5.74, 6) is -0.546. The maximum atomic E-state index is 12.6. The van der Waals surface area contributed by atoms with Gasteiger partial charge in [0.2, 0.25) is 16.7 Å². The summed E-state index contributed by atoms with van der Waals surface area (Å²) >= 11 is 0. The van der Waals surface area contributed by atoms with Gasteiger partial charge in [-0.25, -0.2) is 4.84 Å². The number of nitrogens with one attached hydrogen (secondary N) is 2. The van der Waals surface area contributed by atoms with E-state index in [1.807, 2.05) is 0 Å². The Morgan fingerprint density at radius 1 is 0.534 bits per heavy atom. The van der Waals surface area contributed by atoms with Gasteiger partial charge in [-0.15, -0.1) is 0 Å². The van der Waals surface area contributed by atoms with Gasteiger partial charge in [0, 0.05) is 19.4 Å². The molecule has 0 aromatic rings. The van der Waals surface area contributed by atoms with E-state index < -0.39 is 0 Å². The van der Waals surface area contributed by atoms with Gasteiger partial charge in [-0.05, 0) is 77.3 Å². The van der Waals surface area contributed by atoms with E-state index in [0.717, 1.165) is 103 Å². The summed E-state index contributed by atoms with van der Waals surface area (Å²) in [7, 11) is 0. The number of hydrogen-bond acceptors (Lipinski definition) is 8. The number of rotatable bonds is 46. The van der Waals surface area contributed by atoms with Crippen LogP contribution in [0.4, 0.5) is 0 Å². The molecule has 342 valence electrons. The molecule has 2 amide bonds. The molecular weight excluding hydrogens is 733 g/mol. The minimum absolute atomic E-state index is 0.0450. The van der Waals surface area contributed by atoms with E-state index in [1.165, 1.54) is 109 Å². The second-order valence-electron chi connectivity index (χ2n) is 16.6. The third-order valence-corrected chi connectivity index (χ3v) is 11.0. The summed E-state index contributed by atoms with van der Waals surface area (Å²) in [6.07, 6.45) is 35.6. The van der Waals surface area contributed by atoms with E-state index in [0.29, 0.717) is 30.9 Å². The molecule has 0 aromatic heterocycles. The third kappa shape index (κ3) is 40.5. The first-order valence-corrected chi connectivity index (χ1v) is 24.5. The monoisotopic (exact) mass is 826 g/mol. The highest BCUT2D eigenvalue weighted by Crippen LogP contribution is 2.17. The highest BCUT2D eigenvalue weighted by atomic mass is 16.8. The molecule has 11 heteroatoms. The number of amides is 2. The van der Waals surface area contributed by atoms with E-state index in [1.54, 1.807) is 0 Å². The molecule has 0 bridgehead atoms. The number of unbranched alkanes of at least 4 members (excludes halogenated alkanes) is 24. The Bertz CT molecular complexity index is 938. The first-order valence-electron chi connectivity index (χ1n) is 24.5. The number of carbonyl (C=O) groups excluding carboxylic acids is 3. The molecule has 0 saturated carbocycles. The zero-order valence-corrected chi connectivity index (χ0v) is 38.2. The standard InChI is InChI=1S/C47H92N4O7/c1-4-7-10-13-16-17-18-24-32-41-57-51(56)43-49-46(54)36-29-25-31-38-50(39-40-52)37-30-23-19-22-28-35-45(53)48-42-47(55)58-44(33-26-20-14-11-8-5-2)34-27-21-15-12-9-6-3/h44,52H,4-43H2,1-3H3,(H-,48,49,53,54)/p+1. The highest BCUT2D eigenvalue weighted by Gasteiger charge is 2.16. The Kier molecular flexibility index (Phi) is 42.6. The second-order valence-corrected chi connectivity index (χ2v) is 16.6. The number of aliphatic hydroxyl groups excluding tert-OH is 1. The van der Waals surface area contributed by atoms with E-state index in [-0.39, 0.29) is 43.7 Å². The zero-order chi connectivity index (χ0) is 42.6. The van der Waals surface area contributed by atoms with E-state index in [9.17, 15) is 24.4 Å². The molecule has 58 heavy (non-hydrogen) atoms. The van der Waals surface area contributed by atoms with Crippen LogP contribution in [0.3, 0.4) is 0 Å². The summed E-state index contributed by atoms with van der Waals surface area (Å²) in [5.41, 5.74) is 0. The molecular formula is C47H93N4O7+. The molecule has 0 fully saturated rings. The third-order valence-electron chi connectivity index (χ3n) is 11.0. The number of esters is 1. The Morgan fingerprint density at radius 3 is 1.45 bits per heavy atom. The Labute approximate surface area is 356 Å². The highest BCUT2D eigenvalue weighted by molar-refractivity contribution is 5.81. The fourth-order valence-corrected chi connectivity index (χ4v) is 7.35. The molecule has 0 atom stereocenters. The van der Waals surface area contributed by atoms with Crippen LogP contribution in [-0.4, -0.2) is 84.9 Å². The van der Waals surface area contributed by atoms with Crippen LogP contribution in [0.1, 0.15) is 233 Å². The normalized spacial score (nSPS) is 11.3. The van der Waals surface area contributed by atoms with Crippen LogP contribution in [0.15, 0.2) is 0 Å². The van der Waals surface area contributed by atoms with Crippen molar-refractivity contribution in [1.29, 1.82) is 0 Å². The Balaban J connectivity index is 3.99. The Hall–Kier alpha value is -2.27. The van der Waals surface area contributed by atoms with E-state index >= 15 is 0 Å². The number of aliphatic hydroxyl groups is 1. The fraction of sp³-hybridized carbons (Fsp3) is 0.936. The molecule has 0 heterocycles. The SMILES string of the molecule is CCCCCCCCCCCO[N+](=O)CNC(=O)CCCCCN(CCO)CCCCCCCC(=O)NCC(=O)OC(CCCCCCCC)CCCCCCCC. The number of ether oxygens (including phenoxy) is 1. The van der Waals surface area contributed by atoms with Crippen molar-refractivity contribution in [3.05, 3.63) is 4.91 Å². The van der Waals surface area contributed by atoms with Crippen LogP contribution < -0.4 is 10.6 Å². The molecule has 3 N–H and O–H groups in total. The summed E-state index contributed by atoms with van der Waals surface area (Å²) < 4.78 is 5.85. The summed E-state index contributed by atoms with van der Waals surface area (Å²) in [5, 5.41) is 15.0. The van der Waals surface area contributed by atoms with Crippen LogP contribution in [0.5, 0.6) is 0 Å². The Morgan fingerprint density at radius 2 is 0.948 bits per heavy atom. The van der Waals surface area contributed by atoms with Crippen LogP contribution in [0.2, 0.25) is 0 Å². The molecule has 0 aliphatic rings. The lowest BCUT2D eigenvalue weighted by Crippen LogP contribution is -2.32. The lowest BCUT2D eigenvalue weighted by atomic mass is 10.0. The van der Waals surface area contributed by atoms with Crippen LogP contribution in [0.25, 0.3) is 0 Å². The van der Waals surface area contributed by atoms with E-state index in [2.05, 4.69) is 36.3 Å². The number of nitrogens with zero attached hydrogens (tertiary/aromatic N) is 2. The second kappa shape index (κ2) is 44.3.